The Bertz CT molecular complexity index is 404. The summed E-state index contributed by atoms with van der Waals surface area (Å²) in [6, 6.07) is 5.32. The van der Waals surface area contributed by atoms with E-state index in [9.17, 15) is 4.79 Å². The van der Waals surface area contributed by atoms with Gasteiger partial charge in [-0.05, 0) is 38.5 Å². The second-order valence-electron chi connectivity index (χ2n) is 3.77. The second-order valence-corrected chi connectivity index (χ2v) is 4.87. The number of benzene rings is 1. The fraction of sp³-hybridized carbons (Fsp3) is 0.500. The van der Waals surface area contributed by atoms with Crippen LogP contribution in [0.4, 0.5) is 0 Å². The van der Waals surface area contributed by atoms with Crippen molar-refractivity contribution in [3.63, 3.8) is 0 Å². The van der Waals surface area contributed by atoms with Gasteiger partial charge in [-0.2, -0.15) is 0 Å². The number of hydrogen-bond acceptors (Lipinski definition) is 3. The van der Waals surface area contributed by atoms with Crippen LogP contribution < -0.4 is 9.47 Å². The number of hydrogen-bond donors (Lipinski definition) is 0. The molecule has 100 valence electrons. The minimum atomic E-state index is -0.148. The molecule has 0 fully saturated rings. The largest absolute Gasteiger partial charge is 0.490 e. The topological polar surface area (TPSA) is 35.5 Å². The zero-order valence-corrected chi connectivity index (χ0v) is 12.6. The molecule has 1 atom stereocenters. The van der Waals surface area contributed by atoms with Gasteiger partial charge in [0.1, 0.15) is 0 Å². The van der Waals surface area contributed by atoms with Crippen molar-refractivity contribution in [2.45, 2.75) is 32.0 Å². The van der Waals surface area contributed by atoms with E-state index in [0.29, 0.717) is 30.3 Å². The van der Waals surface area contributed by atoms with Gasteiger partial charge in [-0.3, -0.25) is 4.79 Å². The van der Waals surface area contributed by atoms with Crippen LogP contribution in [0.2, 0.25) is 0 Å². The van der Waals surface area contributed by atoms with E-state index in [1.165, 1.54) is 0 Å². The van der Waals surface area contributed by atoms with E-state index in [1.54, 1.807) is 18.2 Å². The Morgan fingerprint density at radius 3 is 2.33 bits per heavy atom. The van der Waals surface area contributed by atoms with E-state index in [2.05, 4.69) is 15.9 Å². The number of rotatable bonds is 7. The van der Waals surface area contributed by atoms with Crippen molar-refractivity contribution in [1.82, 2.24) is 0 Å². The summed E-state index contributed by atoms with van der Waals surface area (Å²) in [4.78, 5) is 11.9. The maximum atomic E-state index is 12.1. The Morgan fingerprint density at radius 2 is 1.78 bits per heavy atom. The van der Waals surface area contributed by atoms with Gasteiger partial charge in [0.15, 0.2) is 17.3 Å². The monoisotopic (exact) mass is 314 g/mol. The van der Waals surface area contributed by atoms with Crippen LogP contribution in [0.3, 0.4) is 0 Å². The fourth-order valence-electron chi connectivity index (χ4n) is 1.57. The van der Waals surface area contributed by atoms with Crippen LogP contribution in [-0.4, -0.2) is 23.8 Å². The zero-order chi connectivity index (χ0) is 13.5. The fourth-order valence-corrected chi connectivity index (χ4v) is 1.83. The van der Waals surface area contributed by atoms with Crippen LogP contribution >= 0.6 is 15.9 Å². The molecule has 0 aliphatic carbocycles. The molecule has 1 aromatic rings. The highest BCUT2D eigenvalue weighted by Gasteiger charge is 2.17. The summed E-state index contributed by atoms with van der Waals surface area (Å²) < 4.78 is 11.0. The van der Waals surface area contributed by atoms with Gasteiger partial charge in [0.2, 0.25) is 0 Å². The molecule has 0 aliphatic rings. The molecule has 0 spiro atoms. The number of ether oxygens (including phenoxy) is 2. The molecular formula is C14H19BrO3. The van der Waals surface area contributed by atoms with E-state index in [1.807, 2.05) is 20.8 Å². The predicted molar refractivity (Wildman–Crippen MR) is 76.1 cm³/mol. The average Bonchev–Trinajstić information content (AvgIpc) is 2.39. The third kappa shape index (κ3) is 3.73. The lowest BCUT2D eigenvalue weighted by Crippen LogP contribution is -2.13. The zero-order valence-electron chi connectivity index (χ0n) is 11.0. The van der Waals surface area contributed by atoms with E-state index in [-0.39, 0.29) is 10.6 Å². The number of carbonyl (C=O) groups excluding carboxylic acids is 1. The molecule has 18 heavy (non-hydrogen) atoms. The summed E-state index contributed by atoms with van der Waals surface area (Å²) in [7, 11) is 0. The molecule has 0 radical (unpaired) electrons. The molecule has 4 heteroatoms. The lowest BCUT2D eigenvalue weighted by Gasteiger charge is -2.13. The third-order valence-corrected chi connectivity index (χ3v) is 3.53. The molecule has 0 aliphatic heterocycles. The number of alkyl halides is 1. The summed E-state index contributed by atoms with van der Waals surface area (Å²) in [5.74, 6) is 1.38. The molecule has 0 amide bonds. The average molecular weight is 315 g/mol. The van der Waals surface area contributed by atoms with Gasteiger partial charge in [-0.15, -0.1) is 0 Å². The molecule has 1 unspecified atom stereocenters. The van der Waals surface area contributed by atoms with Crippen LogP contribution in [0, 0.1) is 0 Å². The highest BCUT2D eigenvalue weighted by Crippen LogP contribution is 2.29. The molecule has 0 aromatic heterocycles. The molecule has 0 N–H and O–H groups in total. The van der Waals surface area contributed by atoms with Gasteiger partial charge in [0.25, 0.3) is 0 Å². The highest BCUT2D eigenvalue weighted by molar-refractivity contribution is 9.10. The first-order valence-corrected chi connectivity index (χ1v) is 7.13. The van der Waals surface area contributed by atoms with Crippen LogP contribution in [0.15, 0.2) is 18.2 Å². The summed E-state index contributed by atoms with van der Waals surface area (Å²) in [6.07, 6.45) is 0.760. The van der Waals surface area contributed by atoms with Crippen molar-refractivity contribution in [2.24, 2.45) is 0 Å². The van der Waals surface area contributed by atoms with E-state index in [4.69, 9.17) is 9.47 Å². The standard InChI is InChI=1S/C14H19BrO3/c1-4-11(15)14(16)10-7-8-12(17-5-2)13(9-10)18-6-3/h7-9,11H,4-6H2,1-3H3. The van der Waals surface area contributed by atoms with Gasteiger partial charge in [-0.1, -0.05) is 22.9 Å². The first kappa shape index (κ1) is 15.0. The Hall–Kier alpha value is -1.03. The normalized spacial score (nSPS) is 12.0. The quantitative estimate of drug-likeness (QED) is 0.566. The lowest BCUT2D eigenvalue weighted by molar-refractivity contribution is 0.0989. The maximum Gasteiger partial charge on any atom is 0.176 e. The Balaban J connectivity index is 3.02. The summed E-state index contributed by atoms with van der Waals surface area (Å²) >= 11 is 3.37. The van der Waals surface area contributed by atoms with Crippen molar-refractivity contribution < 1.29 is 14.3 Å². The van der Waals surface area contributed by atoms with E-state index in [0.717, 1.165) is 6.42 Å². The Labute approximate surface area is 117 Å². The first-order valence-electron chi connectivity index (χ1n) is 6.21. The van der Waals surface area contributed by atoms with Crippen LogP contribution in [0.25, 0.3) is 0 Å². The first-order chi connectivity index (χ1) is 8.63. The second kappa shape index (κ2) is 7.41. The summed E-state index contributed by atoms with van der Waals surface area (Å²) in [6.45, 7) is 6.91. The number of Topliss-reactive ketones (excluding diaryl/α,β-unsaturated/α-hetero) is 1. The minimum Gasteiger partial charge on any atom is -0.490 e. The van der Waals surface area contributed by atoms with Crippen molar-refractivity contribution in [3.05, 3.63) is 23.8 Å². The lowest BCUT2D eigenvalue weighted by atomic mass is 10.1. The van der Waals surface area contributed by atoms with Gasteiger partial charge in [0.05, 0.1) is 18.0 Å². The SMILES string of the molecule is CCOc1ccc(C(=O)C(Br)CC)cc1OCC. The summed E-state index contributed by atoms with van der Waals surface area (Å²) in [5.41, 5.74) is 0.644. The highest BCUT2D eigenvalue weighted by atomic mass is 79.9. The predicted octanol–water partition coefficient (Wildman–Crippen LogP) is 3.84. The Morgan fingerprint density at radius 1 is 1.17 bits per heavy atom. The van der Waals surface area contributed by atoms with Crippen molar-refractivity contribution in [3.8, 4) is 11.5 Å². The van der Waals surface area contributed by atoms with Gasteiger partial charge >= 0.3 is 0 Å². The molecule has 0 saturated heterocycles. The van der Waals surface area contributed by atoms with E-state index < -0.39 is 0 Å². The van der Waals surface area contributed by atoms with Gasteiger partial charge in [0, 0.05) is 5.56 Å². The molecule has 0 bridgehead atoms. The molecular weight excluding hydrogens is 296 g/mol. The Kier molecular flexibility index (Phi) is 6.19. The van der Waals surface area contributed by atoms with Crippen molar-refractivity contribution >= 4 is 21.7 Å². The van der Waals surface area contributed by atoms with Crippen LogP contribution in [0.5, 0.6) is 11.5 Å². The molecule has 3 nitrogen and oxygen atoms in total. The molecule has 0 heterocycles. The van der Waals surface area contributed by atoms with Crippen molar-refractivity contribution in [1.29, 1.82) is 0 Å². The number of carbonyl (C=O) groups is 1. The smallest absolute Gasteiger partial charge is 0.176 e. The molecule has 0 saturated carbocycles. The van der Waals surface area contributed by atoms with Crippen LogP contribution in [-0.2, 0) is 0 Å². The third-order valence-electron chi connectivity index (χ3n) is 2.47. The van der Waals surface area contributed by atoms with Crippen LogP contribution in [0.1, 0.15) is 37.6 Å². The molecule has 1 aromatic carbocycles. The minimum absolute atomic E-state index is 0.0708. The maximum absolute atomic E-state index is 12.1. The van der Waals surface area contributed by atoms with Gasteiger partial charge < -0.3 is 9.47 Å². The van der Waals surface area contributed by atoms with Crippen molar-refractivity contribution in [2.75, 3.05) is 13.2 Å². The number of halogens is 1. The van der Waals surface area contributed by atoms with E-state index >= 15 is 0 Å². The van der Waals surface area contributed by atoms with Gasteiger partial charge in [-0.25, -0.2) is 0 Å². The number of ketones is 1. The molecule has 1 rings (SSSR count). The summed E-state index contributed by atoms with van der Waals surface area (Å²) in [5, 5.41) is 0.